The Morgan fingerprint density at radius 1 is 0.958 bits per heavy atom. The zero-order valence-corrected chi connectivity index (χ0v) is 16.0. The maximum atomic E-state index is 6.22. The van der Waals surface area contributed by atoms with Gasteiger partial charge in [-0.15, -0.1) is 0 Å². The first-order chi connectivity index (χ1) is 11.5. The van der Waals surface area contributed by atoms with E-state index in [4.69, 9.17) is 4.74 Å². The number of hydrogen-bond donors (Lipinski definition) is 0. The van der Waals surface area contributed by atoms with Gasteiger partial charge in [0.1, 0.15) is 5.60 Å². The fourth-order valence-corrected chi connectivity index (χ4v) is 4.84. The number of fused-ring (bicyclic) bond motifs is 2. The van der Waals surface area contributed by atoms with E-state index in [9.17, 15) is 0 Å². The van der Waals surface area contributed by atoms with E-state index in [1.807, 2.05) is 7.11 Å². The van der Waals surface area contributed by atoms with Crippen molar-refractivity contribution in [3.05, 3.63) is 68.8 Å². The molecular formula is C23H30O. The predicted octanol–water partition coefficient (Wildman–Crippen LogP) is 5.44. The molecule has 1 nitrogen and oxygen atoms in total. The molecule has 0 N–H and O–H groups in total. The van der Waals surface area contributed by atoms with Gasteiger partial charge in [-0.25, -0.2) is 0 Å². The molecule has 2 aromatic rings. The summed E-state index contributed by atoms with van der Waals surface area (Å²) in [6.07, 6.45) is 4.42. The van der Waals surface area contributed by atoms with Crippen molar-refractivity contribution in [2.75, 3.05) is 7.11 Å². The molecule has 0 aliphatic heterocycles. The van der Waals surface area contributed by atoms with E-state index in [0.717, 1.165) is 25.7 Å². The van der Waals surface area contributed by atoms with Gasteiger partial charge in [-0.05, 0) is 91.0 Å². The second-order valence-corrected chi connectivity index (χ2v) is 7.16. The molecule has 1 unspecified atom stereocenters. The normalized spacial score (nSPS) is 19.6. The van der Waals surface area contributed by atoms with E-state index in [0.29, 0.717) is 0 Å². The Labute approximate surface area is 147 Å². The minimum Gasteiger partial charge on any atom is -0.369 e. The Bertz CT molecular complexity index is 772. The van der Waals surface area contributed by atoms with Crippen LogP contribution < -0.4 is 0 Å². The van der Waals surface area contributed by atoms with Crippen molar-refractivity contribution in [1.29, 1.82) is 0 Å². The predicted molar refractivity (Wildman–Crippen MR) is 102 cm³/mol. The van der Waals surface area contributed by atoms with Crippen LogP contribution in [0, 0.1) is 13.8 Å². The molecule has 0 heterocycles. The number of hydrogen-bond acceptors (Lipinski definition) is 1. The largest absolute Gasteiger partial charge is 0.369 e. The Kier molecular flexibility index (Phi) is 4.57. The molecule has 2 aromatic carbocycles. The minimum absolute atomic E-state index is 0.368. The lowest BCUT2D eigenvalue weighted by molar-refractivity contribution is 0.0379. The number of ether oxygens (including phenoxy) is 1. The molecule has 3 rings (SSSR count). The van der Waals surface area contributed by atoms with Gasteiger partial charge in [0.25, 0.3) is 0 Å². The van der Waals surface area contributed by atoms with Crippen LogP contribution in [0.1, 0.15) is 65.3 Å². The first-order valence-corrected chi connectivity index (χ1v) is 9.27. The number of benzene rings is 2. The Balaban J connectivity index is 2.42. The topological polar surface area (TPSA) is 9.23 Å². The molecule has 0 radical (unpaired) electrons. The maximum absolute atomic E-state index is 6.22. The van der Waals surface area contributed by atoms with Gasteiger partial charge < -0.3 is 4.74 Å². The van der Waals surface area contributed by atoms with Gasteiger partial charge in [-0.3, -0.25) is 0 Å². The Morgan fingerprint density at radius 3 is 2.25 bits per heavy atom. The summed E-state index contributed by atoms with van der Waals surface area (Å²) in [7, 11) is 1.86. The SMILES string of the molecule is CCc1c(C)c(C)c2c(c1CC)CCc1ccccc1C2(C)OC. The smallest absolute Gasteiger partial charge is 0.116 e. The maximum Gasteiger partial charge on any atom is 0.116 e. The number of rotatable bonds is 3. The second-order valence-electron chi connectivity index (χ2n) is 7.16. The van der Waals surface area contributed by atoms with Crippen LogP contribution in [0.4, 0.5) is 0 Å². The van der Waals surface area contributed by atoms with E-state index in [1.54, 1.807) is 11.1 Å². The average molecular weight is 322 g/mol. The highest BCUT2D eigenvalue weighted by Crippen LogP contribution is 2.44. The Morgan fingerprint density at radius 2 is 1.62 bits per heavy atom. The van der Waals surface area contributed by atoms with Crippen LogP contribution in [0.25, 0.3) is 0 Å². The van der Waals surface area contributed by atoms with Gasteiger partial charge in [0.2, 0.25) is 0 Å². The van der Waals surface area contributed by atoms with Crippen molar-refractivity contribution in [2.24, 2.45) is 0 Å². The third kappa shape index (κ3) is 2.33. The molecule has 0 aromatic heterocycles. The molecular weight excluding hydrogens is 292 g/mol. The molecule has 0 bridgehead atoms. The summed E-state index contributed by atoms with van der Waals surface area (Å²) in [5, 5.41) is 0. The molecule has 0 saturated heterocycles. The summed E-state index contributed by atoms with van der Waals surface area (Å²) in [4.78, 5) is 0. The first-order valence-electron chi connectivity index (χ1n) is 9.27. The van der Waals surface area contributed by atoms with Crippen LogP contribution in [0.15, 0.2) is 24.3 Å². The highest BCUT2D eigenvalue weighted by atomic mass is 16.5. The van der Waals surface area contributed by atoms with E-state index >= 15 is 0 Å². The molecule has 1 aliphatic carbocycles. The second kappa shape index (κ2) is 6.37. The van der Waals surface area contributed by atoms with Crippen LogP contribution in [0.3, 0.4) is 0 Å². The van der Waals surface area contributed by atoms with Gasteiger partial charge in [0, 0.05) is 7.11 Å². The van der Waals surface area contributed by atoms with Crippen molar-refractivity contribution in [2.45, 2.75) is 65.9 Å². The van der Waals surface area contributed by atoms with E-state index in [1.165, 1.54) is 33.4 Å². The van der Waals surface area contributed by atoms with Crippen molar-refractivity contribution in [3.8, 4) is 0 Å². The van der Waals surface area contributed by atoms with Gasteiger partial charge in [0.15, 0.2) is 0 Å². The fourth-order valence-electron chi connectivity index (χ4n) is 4.84. The van der Waals surface area contributed by atoms with Gasteiger partial charge in [0.05, 0.1) is 0 Å². The van der Waals surface area contributed by atoms with Crippen LogP contribution in [0.2, 0.25) is 0 Å². The van der Waals surface area contributed by atoms with Crippen LogP contribution in [0.5, 0.6) is 0 Å². The summed E-state index contributed by atoms with van der Waals surface area (Å²) < 4.78 is 6.22. The lowest BCUT2D eigenvalue weighted by atomic mass is 9.77. The minimum atomic E-state index is -0.368. The van der Waals surface area contributed by atoms with Crippen LogP contribution in [-0.4, -0.2) is 7.11 Å². The Hall–Kier alpha value is -1.60. The summed E-state index contributed by atoms with van der Waals surface area (Å²) >= 11 is 0. The van der Waals surface area contributed by atoms with Crippen molar-refractivity contribution in [1.82, 2.24) is 0 Å². The first kappa shape index (κ1) is 17.2. The summed E-state index contributed by atoms with van der Waals surface area (Å²) in [6.45, 7) is 11.4. The van der Waals surface area contributed by atoms with Gasteiger partial charge in [-0.1, -0.05) is 38.1 Å². The standard InChI is InChI=1S/C23H30O/c1-7-18-15(3)16(4)22-20(19(18)8-2)14-13-17-11-9-10-12-21(17)23(22,5)24-6/h9-12H,7-8,13-14H2,1-6H3. The summed E-state index contributed by atoms with van der Waals surface area (Å²) in [5.41, 5.74) is 11.3. The molecule has 1 heteroatoms. The molecule has 0 saturated carbocycles. The lowest BCUT2D eigenvalue weighted by Crippen LogP contribution is -2.29. The van der Waals surface area contributed by atoms with Gasteiger partial charge >= 0.3 is 0 Å². The average Bonchev–Trinajstić information content (AvgIpc) is 2.73. The zero-order chi connectivity index (χ0) is 17.5. The molecule has 24 heavy (non-hydrogen) atoms. The quantitative estimate of drug-likeness (QED) is 0.731. The molecule has 1 atom stereocenters. The lowest BCUT2D eigenvalue weighted by Gasteiger charge is -2.35. The summed E-state index contributed by atoms with van der Waals surface area (Å²) in [6, 6.07) is 8.82. The van der Waals surface area contributed by atoms with Gasteiger partial charge in [-0.2, -0.15) is 0 Å². The summed E-state index contributed by atoms with van der Waals surface area (Å²) in [5.74, 6) is 0. The van der Waals surface area contributed by atoms with E-state index < -0.39 is 0 Å². The fraction of sp³-hybridized carbons (Fsp3) is 0.478. The number of methoxy groups -OCH3 is 1. The third-order valence-electron chi connectivity index (χ3n) is 6.19. The van der Waals surface area contributed by atoms with Crippen molar-refractivity contribution >= 4 is 0 Å². The van der Waals surface area contributed by atoms with Crippen molar-refractivity contribution < 1.29 is 4.74 Å². The number of aryl methyl sites for hydroxylation is 1. The zero-order valence-electron chi connectivity index (χ0n) is 16.0. The highest BCUT2D eigenvalue weighted by Gasteiger charge is 2.38. The highest BCUT2D eigenvalue weighted by molar-refractivity contribution is 5.58. The molecule has 0 spiro atoms. The monoisotopic (exact) mass is 322 g/mol. The molecule has 0 amide bonds. The van der Waals surface area contributed by atoms with Crippen LogP contribution >= 0.6 is 0 Å². The van der Waals surface area contributed by atoms with E-state index in [2.05, 4.69) is 58.9 Å². The molecule has 1 aliphatic rings. The van der Waals surface area contributed by atoms with Crippen molar-refractivity contribution in [3.63, 3.8) is 0 Å². The van der Waals surface area contributed by atoms with E-state index in [-0.39, 0.29) is 5.60 Å². The third-order valence-corrected chi connectivity index (χ3v) is 6.19. The molecule has 0 fully saturated rings. The van der Waals surface area contributed by atoms with Crippen LogP contribution in [-0.2, 0) is 36.0 Å². The molecule has 128 valence electrons.